The van der Waals surface area contributed by atoms with Gasteiger partial charge in [-0.05, 0) is 79.7 Å². The predicted octanol–water partition coefficient (Wildman–Crippen LogP) is 8.25. The first kappa shape index (κ1) is 25.2. The summed E-state index contributed by atoms with van der Waals surface area (Å²) in [5.74, 6) is 0.425. The molecule has 7 heteroatoms. The van der Waals surface area contributed by atoms with Gasteiger partial charge >= 0.3 is 0 Å². The Morgan fingerprint density at radius 3 is 1.62 bits per heavy atom. The summed E-state index contributed by atoms with van der Waals surface area (Å²) >= 11 is 0. The Morgan fingerprint density at radius 2 is 1.02 bits per heavy atom. The highest BCUT2D eigenvalue weighted by Crippen LogP contribution is 2.43. The standard InChI is InChI=1S/C38H21N5O2/c44-35-29-19-24-5-1-2-6-25(24)20-30(29)36(45)31(35)21-26-8-7-22-10-13-28-32(14-11-23-9-12-27(26)33(22)34(23)28)43(37-39-15-3-16-40-37)38-41-17-4-18-42-38/h1-21H. The van der Waals surface area contributed by atoms with Gasteiger partial charge in [-0.25, -0.2) is 24.8 Å². The molecule has 0 saturated carbocycles. The number of aromatic nitrogens is 4. The van der Waals surface area contributed by atoms with Gasteiger partial charge in [0.05, 0.1) is 11.3 Å². The minimum atomic E-state index is -0.241. The van der Waals surface area contributed by atoms with Crippen LogP contribution in [0.15, 0.2) is 127 Å². The normalized spacial score (nSPS) is 12.9. The molecule has 1 aliphatic carbocycles. The molecule has 0 radical (unpaired) electrons. The van der Waals surface area contributed by atoms with Gasteiger partial charge in [-0.3, -0.25) is 9.59 Å². The Labute approximate surface area is 256 Å². The van der Waals surface area contributed by atoms with Crippen molar-refractivity contribution in [3.8, 4) is 0 Å². The fraction of sp³-hybridized carbons (Fsp3) is 0. The van der Waals surface area contributed by atoms with Crippen molar-refractivity contribution in [2.45, 2.75) is 0 Å². The molecule has 0 fully saturated rings. The van der Waals surface area contributed by atoms with Crippen molar-refractivity contribution in [2.24, 2.45) is 0 Å². The minimum Gasteiger partial charge on any atom is -0.288 e. The van der Waals surface area contributed by atoms with Crippen molar-refractivity contribution in [1.82, 2.24) is 19.9 Å². The molecular formula is C38H21N5O2. The summed E-state index contributed by atoms with van der Waals surface area (Å²) in [6.45, 7) is 0. The number of nitrogens with zero attached hydrogens (tertiary/aromatic N) is 5. The molecule has 0 N–H and O–H groups in total. The molecule has 0 saturated heterocycles. The first-order valence-corrected chi connectivity index (χ1v) is 14.5. The highest BCUT2D eigenvalue weighted by atomic mass is 16.2. The van der Waals surface area contributed by atoms with E-state index in [0.717, 1.165) is 54.3 Å². The van der Waals surface area contributed by atoms with E-state index in [1.165, 1.54) is 0 Å². The number of anilines is 3. The van der Waals surface area contributed by atoms with Gasteiger partial charge in [-0.15, -0.1) is 0 Å². The number of ketones is 2. The molecule has 6 aromatic carbocycles. The average Bonchev–Trinajstić information content (AvgIpc) is 3.32. The number of hydrogen-bond acceptors (Lipinski definition) is 7. The number of hydrogen-bond donors (Lipinski definition) is 0. The molecule has 0 spiro atoms. The van der Waals surface area contributed by atoms with E-state index in [1.807, 2.05) is 59.5 Å². The van der Waals surface area contributed by atoms with E-state index < -0.39 is 0 Å². The molecular weight excluding hydrogens is 558 g/mol. The molecule has 45 heavy (non-hydrogen) atoms. The van der Waals surface area contributed by atoms with Crippen molar-refractivity contribution < 1.29 is 9.59 Å². The quantitative estimate of drug-likeness (QED) is 0.118. The summed E-state index contributed by atoms with van der Waals surface area (Å²) in [5.41, 5.74) is 2.75. The monoisotopic (exact) mass is 579 g/mol. The van der Waals surface area contributed by atoms with Crippen LogP contribution in [0.3, 0.4) is 0 Å². The number of benzene rings is 6. The van der Waals surface area contributed by atoms with E-state index in [1.54, 1.807) is 43.0 Å². The van der Waals surface area contributed by atoms with Crippen LogP contribution in [0.4, 0.5) is 17.6 Å². The highest BCUT2D eigenvalue weighted by Gasteiger charge is 2.33. The third-order valence-corrected chi connectivity index (χ3v) is 8.58. The Morgan fingerprint density at radius 1 is 0.511 bits per heavy atom. The predicted molar refractivity (Wildman–Crippen MR) is 177 cm³/mol. The van der Waals surface area contributed by atoms with Crippen molar-refractivity contribution in [2.75, 3.05) is 4.90 Å². The molecule has 0 atom stereocenters. The molecule has 0 bridgehead atoms. The lowest BCUT2D eigenvalue weighted by atomic mass is 9.90. The summed E-state index contributed by atoms with van der Waals surface area (Å²) in [6.07, 6.45) is 8.53. The van der Waals surface area contributed by atoms with Crippen LogP contribution in [-0.2, 0) is 0 Å². The Hall–Kier alpha value is -6.34. The van der Waals surface area contributed by atoms with Crippen molar-refractivity contribution in [3.63, 3.8) is 0 Å². The number of Topliss-reactive ketones (excluding diaryl/α,β-unsaturated/α-hetero) is 2. The van der Waals surface area contributed by atoms with E-state index in [0.29, 0.717) is 23.0 Å². The van der Waals surface area contributed by atoms with Gasteiger partial charge < -0.3 is 0 Å². The first-order valence-electron chi connectivity index (χ1n) is 14.5. The second kappa shape index (κ2) is 9.59. The second-order valence-corrected chi connectivity index (χ2v) is 11.1. The van der Waals surface area contributed by atoms with Crippen molar-refractivity contribution in [1.29, 1.82) is 0 Å². The second-order valence-electron chi connectivity index (χ2n) is 11.1. The van der Waals surface area contributed by atoms with Gasteiger partial charge in [0.25, 0.3) is 0 Å². The maximum Gasteiger partial charge on any atom is 0.236 e. The largest absolute Gasteiger partial charge is 0.288 e. The van der Waals surface area contributed by atoms with Gasteiger partial charge in [0.15, 0.2) is 11.6 Å². The molecule has 7 nitrogen and oxygen atoms in total. The number of rotatable bonds is 4. The molecule has 1 aliphatic rings. The summed E-state index contributed by atoms with van der Waals surface area (Å²) < 4.78 is 0. The SMILES string of the molecule is O=C1C(=Cc2ccc3ccc4c(N(c5ncccn5)c5ncccn5)ccc5ccc2c3c54)C(=O)c2cc3ccccc3cc21. The minimum absolute atomic E-state index is 0.185. The smallest absolute Gasteiger partial charge is 0.236 e. The highest BCUT2D eigenvalue weighted by molar-refractivity contribution is 6.42. The molecule has 9 rings (SSSR count). The molecule has 210 valence electrons. The lowest BCUT2D eigenvalue weighted by Gasteiger charge is -2.23. The van der Waals surface area contributed by atoms with Crippen LogP contribution in [0, 0.1) is 0 Å². The van der Waals surface area contributed by atoms with E-state index in [9.17, 15) is 9.59 Å². The molecule has 8 aromatic rings. The topological polar surface area (TPSA) is 88.9 Å². The van der Waals surface area contributed by atoms with E-state index in [4.69, 9.17) is 0 Å². The zero-order valence-electron chi connectivity index (χ0n) is 23.7. The fourth-order valence-corrected chi connectivity index (χ4v) is 6.54. The Kier molecular flexibility index (Phi) is 5.37. The number of allylic oxidation sites excluding steroid dienone is 1. The summed E-state index contributed by atoms with van der Waals surface area (Å²) in [5, 5.41) is 8.02. The van der Waals surface area contributed by atoms with Crippen LogP contribution >= 0.6 is 0 Å². The van der Waals surface area contributed by atoms with Crippen LogP contribution in [0.5, 0.6) is 0 Å². The van der Waals surface area contributed by atoms with E-state index >= 15 is 0 Å². The lowest BCUT2D eigenvalue weighted by Crippen LogP contribution is -2.16. The van der Waals surface area contributed by atoms with Crippen LogP contribution in [0.1, 0.15) is 26.3 Å². The number of carbonyl (C=O) groups is 2. The Bertz CT molecular complexity index is 2430. The van der Waals surface area contributed by atoms with Crippen molar-refractivity contribution >= 4 is 78.3 Å². The molecule has 0 unspecified atom stereocenters. The van der Waals surface area contributed by atoms with E-state index in [-0.39, 0.29) is 17.1 Å². The third-order valence-electron chi connectivity index (χ3n) is 8.58. The van der Waals surface area contributed by atoms with Crippen LogP contribution < -0.4 is 4.90 Å². The number of carbonyl (C=O) groups excluding carboxylic acids is 2. The lowest BCUT2D eigenvalue weighted by molar-refractivity contribution is 0.0990. The van der Waals surface area contributed by atoms with Crippen LogP contribution in [0.25, 0.3) is 49.2 Å². The maximum absolute atomic E-state index is 13.6. The molecule has 2 heterocycles. The Balaban J connectivity index is 1.25. The summed E-state index contributed by atoms with van der Waals surface area (Å²) in [4.78, 5) is 47.1. The maximum atomic E-state index is 13.6. The summed E-state index contributed by atoms with van der Waals surface area (Å²) in [7, 11) is 0. The van der Waals surface area contributed by atoms with Gasteiger partial charge in [0.1, 0.15) is 0 Å². The number of fused-ring (bicyclic) bond motifs is 2. The zero-order chi connectivity index (χ0) is 30.1. The van der Waals surface area contributed by atoms with Crippen LogP contribution in [-0.4, -0.2) is 31.5 Å². The zero-order valence-corrected chi connectivity index (χ0v) is 23.7. The fourth-order valence-electron chi connectivity index (χ4n) is 6.54. The van der Waals surface area contributed by atoms with Gasteiger partial charge in [0.2, 0.25) is 11.9 Å². The van der Waals surface area contributed by atoms with Crippen LogP contribution in [0.2, 0.25) is 0 Å². The molecule has 0 aliphatic heterocycles. The van der Waals surface area contributed by atoms with E-state index in [2.05, 4.69) is 50.3 Å². The first-order chi connectivity index (χ1) is 22.2. The third kappa shape index (κ3) is 3.77. The van der Waals surface area contributed by atoms with Crippen molar-refractivity contribution in [3.05, 3.63) is 144 Å². The average molecular weight is 580 g/mol. The van der Waals surface area contributed by atoms with Gasteiger partial charge in [-0.1, -0.05) is 66.7 Å². The van der Waals surface area contributed by atoms with Gasteiger partial charge in [-0.2, -0.15) is 0 Å². The molecule has 0 amide bonds. The summed E-state index contributed by atoms with van der Waals surface area (Å²) in [6, 6.07) is 31.5. The molecule has 2 aromatic heterocycles. The van der Waals surface area contributed by atoms with Gasteiger partial charge in [0, 0.05) is 41.3 Å².